The van der Waals surface area contributed by atoms with Crippen molar-refractivity contribution in [2.24, 2.45) is 5.73 Å². The number of rotatable bonds is 9. The number of primary amides is 1. The van der Waals surface area contributed by atoms with Gasteiger partial charge in [-0.05, 0) is 23.3 Å². The van der Waals surface area contributed by atoms with E-state index < -0.39 is 18.0 Å². The molecule has 0 aliphatic rings. The Morgan fingerprint density at radius 1 is 1.08 bits per heavy atom. The number of hydrogen-bond donors (Lipinski definition) is 2. The van der Waals surface area contributed by atoms with Gasteiger partial charge in [0.05, 0.1) is 7.11 Å². The number of benzene rings is 2. The third kappa shape index (κ3) is 6.68. The molecule has 2 amide bonds. The Hall–Kier alpha value is -2.67. The average molecular weight is 374 g/mol. The Labute approximate surface area is 157 Å². The lowest BCUT2D eigenvalue weighted by atomic mass is 10.2. The molecule has 2 rings (SSSR count). The normalized spacial score (nSPS) is 11.4. The molecular formula is C19H22N2O4S. The summed E-state index contributed by atoms with van der Waals surface area (Å²) in [4.78, 5) is 23.4. The zero-order valence-corrected chi connectivity index (χ0v) is 15.3. The molecule has 0 saturated heterocycles. The van der Waals surface area contributed by atoms with Crippen LogP contribution in [0.15, 0.2) is 54.6 Å². The van der Waals surface area contributed by atoms with E-state index in [0.717, 1.165) is 16.9 Å². The molecule has 0 heterocycles. The Morgan fingerprint density at radius 3 is 2.38 bits per heavy atom. The third-order valence-corrected chi connectivity index (χ3v) is 4.67. The summed E-state index contributed by atoms with van der Waals surface area (Å²) in [6, 6.07) is 16.2. The standard InChI is InChI=1S/C19H22N2O4S/c1-24-16-9-7-15(8-10-16)12-26-13-17(18(20)22)21-19(23)25-11-14-5-3-2-4-6-14/h2-10,17H,11-13H2,1H3,(H2,20,22)(H,21,23)/t17-/m0/s1. The number of carbonyl (C=O) groups excluding carboxylic acids is 2. The topological polar surface area (TPSA) is 90.7 Å². The molecule has 0 saturated carbocycles. The predicted octanol–water partition coefficient (Wildman–Crippen LogP) is 2.71. The summed E-state index contributed by atoms with van der Waals surface area (Å²) in [6.45, 7) is 0.136. The highest BCUT2D eigenvalue weighted by Gasteiger charge is 2.19. The van der Waals surface area contributed by atoms with Crippen molar-refractivity contribution in [1.82, 2.24) is 5.32 Å². The van der Waals surface area contributed by atoms with Crippen LogP contribution in [0.1, 0.15) is 11.1 Å². The van der Waals surface area contributed by atoms with Crippen molar-refractivity contribution < 1.29 is 19.1 Å². The van der Waals surface area contributed by atoms with Crippen molar-refractivity contribution in [2.75, 3.05) is 12.9 Å². The number of carbonyl (C=O) groups is 2. The minimum absolute atomic E-state index is 0.136. The Balaban J connectivity index is 1.76. The Bertz CT molecular complexity index is 707. The van der Waals surface area contributed by atoms with Crippen LogP contribution in [-0.2, 0) is 21.9 Å². The number of alkyl carbamates (subject to hydrolysis) is 1. The minimum Gasteiger partial charge on any atom is -0.497 e. The quantitative estimate of drug-likeness (QED) is 0.704. The van der Waals surface area contributed by atoms with Gasteiger partial charge in [-0.2, -0.15) is 11.8 Å². The summed E-state index contributed by atoms with van der Waals surface area (Å²) in [5, 5.41) is 2.51. The second kappa shape index (κ2) is 10.4. The third-order valence-electron chi connectivity index (χ3n) is 3.56. The molecule has 0 aromatic heterocycles. The molecule has 1 atom stereocenters. The van der Waals surface area contributed by atoms with Gasteiger partial charge < -0.3 is 20.5 Å². The largest absolute Gasteiger partial charge is 0.497 e. The molecule has 0 bridgehead atoms. The summed E-state index contributed by atoms with van der Waals surface area (Å²) in [5.41, 5.74) is 7.33. The molecule has 0 unspecified atom stereocenters. The van der Waals surface area contributed by atoms with Crippen LogP contribution in [-0.4, -0.2) is 30.9 Å². The predicted molar refractivity (Wildman–Crippen MR) is 102 cm³/mol. The molecule has 0 spiro atoms. The number of methoxy groups -OCH3 is 1. The van der Waals surface area contributed by atoms with Crippen molar-refractivity contribution in [3.63, 3.8) is 0 Å². The number of nitrogens with two attached hydrogens (primary N) is 1. The SMILES string of the molecule is COc1ccc(CSC[C@H](NC(=O)OCc2ccccc2)C(N)=O)cc1. The highest BCUT2D eigenvalue weighted by atomic mass is 32.2. The number of hydrogen-bond acceptors (Lipinski definition) is 5. The molecule has 2 aromatic rings. The van der Waals surface area contributed by atoms with Crippen LogP contribution >= 0.6 is 11.8 Å². The Kier molecular flexibility index (Phi) is 7.82. The molecule has 3 N–H and O–H groups in total. The molecule has 0 aliphatic carbocycles. The number of nitrogens with one attached hydrogen (secondary N) is 1. The van der Waals surface area contributed by atoms with Crippen molar-refractivity contribution >= 4 is 23.8 Å². The zero-order chi connectivity index (χ0) is 18.8. The van der Waals surface area contributed by atoms with Crippen LogP contribution in [0, 0.1) is 0 Å². The van der Waals surface area contributed by atoms with Crippen LogP contribution < -0.4 is 15.8 Å². The lowest BCUT2D eigenvalue weighted by Crippen LogP contribution is -2.46. The monoisotopic (exact) mass is 374 g/mol. The lowest BCUT2D eigenvalue weighted by Gasteiger charge is -2.15. The van der Waals surface area contributed by atoms with Crippen molar-refractivity contribution in [3.8, 4) is 5.75 Å². The maximum Gasteiger partial charge on any atom is 0.408 e. The summed E-state index contributed by atoms with van der Waals surface area (Å²) in [6.07, 6.45) is -0.664. The van der Waals surface area contributed by atoms with E-state index in [2.05, 4.69) is 5.32 Å². The molecule has 6 nitrogen and oxygen atoms in total. The fraction of sp³-hybridized carbons (Fsp3) is 0.263. The van der Waals surface area contributed by atoms with Gasteiger partial charge in [-0.1, -0.05) is 42.5 Å². The van der Waals surface area contributed by atoms with Crippen molar-refractivity contribution in [2.45, 2.75) is 18.4 Å². The fourth-order valence-electron chi connectivity index (χ4n) is 2.12. The van der Waals surface area contributed by atoms with E-state index in [0.29, 0.717) is 11.5 Å². The van der Waals surface area contributed by atoms with Gasteiger partial charge in [0, 0.05) is 11.5 Å². The molecule has 26 heavy (non-hydrogen) atoms. The van der Waals surface area contributed by atoms with Gasteiger partial charge in [-0.15, -0.1) is 0 Å². The van der Waals surface area contributed by atoms with E-state index in [-0.39, 0.29) is 6.61 Å². The molecule has 0 radical (unpaired) electrons. The zero-order valence-electron chi connectivity index (χ0n) is 14.5. The first-order valence-electron chi connectivity index (χ1n) is 8.05. The first-order valence-corrected chi connectivity index (χ1v) is 9.21. The van der Waals surface area contributed by atoms with E-state index in [1.165, 1.54) is 11.8 Å². The van der Waals surface area contributed by atoms with Crippen LogP contribution in [0.2, 0.25) is 0 Å². The van der Waals surface area contributed by atoms with Crippen LogP contribution in [0.3, 0.4) is 0 Å². The molecule has 138 valence electrons. The molecule has 2 aromatic carbocycles. The first kappa shape index (κ1) is 19.7. The van der Waals surface area contributed by atoms with E-state index in [4.69, 9.17) is 15.2 Å². The van der Waals surface area contributed by atoms with Crippen LogP contribution in [0.5, 0.6) is 5.75 Å². The number of ether oxygens (including phenoxy) is 2. The summed E-state index contributed by atoms with van der Waals surface area (Å²) >= 11 is 1.50. The van der Waals surface area contributed by atoms with Crippen molar-refractivity contribution in [3.05, 3.63) is 65.7 Å². The van der Waals surface area contributed by atoms with Gasteiger partial charge in [-0.3, -0.25) is 4.79 Å². The van der Waals surface area contributed by atoms with Gasteiger partial charge >= 0.3 is 6.09 Å². The average Bonchev–Trinajstić information content (AvgIpc) is 2.67. The summed E-state index contributed by atoms with van der Waals surface area (Å²) < 4.78 is 10.2. The smallest absolute Gasteiger partial charge is 0.408 e. The maximum atomic E-state index is 11.9. The van der Waals surface area contributed by atoms with Gasteiger partial charge in [0.1, 0.15) is 18.4 Å². The Morgan fingerprint density at radius 2 is 1.77 bits per heavy atom. The summed E-state index contributed by atoms with van der Waals surface area (Å²) in [7, 11) is 1.61. The fourth-order valence-corrected chi connectivity index (χ4v) is 3.15. The highest BCUT2D eigenvalue weighted by Crippen LogP contribution is 2.17. The lowest BCUT2D eigenvalue weighted by molar-refractivity contribution is -0.119. The second-order valence-electron chi connectivity index (χ2n) is 5.52. The molecular weight excluding hydrogens is 352 g/mol. The van der Waals surface area contributed by atoms with Gasteiger partial charge in [-0.25, -0.2) is 4.79 Å². The van der Waals surface area contributed by atoms with Gasteiger partial charge in [0.2, 0.25) is 5.91 Å². The van der Waals surface area contributed by atoms with E-state index in [9.17, 15) is 9.59 Å². The maximum absolute atomic E-state index is 11.9. The van der Waals surface area contributed by atoms with Crippen LogP contribution in [0.25, 0.3) is 0 Å². The van der Waals surface area contributed by atoms with E-state index in [1.54, 1.807) is 7.11 Å². The van der Waals surface area contributed by atoms with Gasteiger partial charge in [0.25, 0.3) is 0 Å². The highest BCUT2D eigenvalue weighted by molar-refractivity contribution is 7.98. The molecule has 0 aliphatic heterocycles. The van der Waals surface area contributed by atoms with E-state index >= 15 is 0 Å². The van der Waals surface area contributed by atoms with Crippen LogP contribution in [0.4, 0.5) is 4.79 Å². The molecule has 7 heteroatoms. The van der Waals surface area contributed by atoms with Crippen molar-refractivity contribution in [1.29, 1.82) is 0 Å². The molecule has 0 fully saturated rings. The second-order valence-corrected chi connectivity index (χ2v) is 6.55. The minimum atomic E-state index is -0.790. The van der Waals surface area contributed by atoms with E-state index in [1.807, 2.05) is 54.6 Å². The first-order chi connectivity index (χ1) is 12.6. The number of amides is 2. The summed E-state index contributed by atoms with van der Waals surface area (Å²) in [5.74, 6) is 1.25. The number of thioether (sulfide) groups is 1. The van der Waals surface area contributed by atoms with Gasteiger partial charge in [0.15, 0.2) is 0 Å².